The summed E-state index contributed by atoms with van der Waals surface area (Å²) in [7, 11) is 0. The second kappa shape index (κ2) is 7.54. The summed E-state index contributed by atoms with van der Waals surface area (Å²) < 4.78 is 7.32. The molecule has 0 radical (unpaired) electrons. The Morgan fingerprint density at radius 2 is 2.03 bits per heavy atom. The maximum absolute atomic E-state index is 12.7. The van der Waals surface area contributed by atoms with Gasteiger partial charge >= 0.3 is 0 Å². The summed E-state index contributed by atoms with van der Waals surface area (Å²) in [4.78, 5) is 19.5. The first kappa shape index (κ1) is 19.5. The number of carbonyl (C=O) groups excluding carboxylic acids is 1. The van der Waals surface area contributed by atoms with Gasteiger partial charge in [-0.3, -0.25) is 9.20 Å². The molecule has 0 atom stereocenters. The molecule has 0 saturated carbocycles. The van der Waals surface area contributed by atoms with Crippen LogP contribution in [0.5, 0.6) is 0 Å². The molecule has 29 heavy (non-hydrogen) atoms. The van der Waals surface area contributed by atoms with Crippen LogP contribution in [0.2, 0.25) is 0 Å². The van der Waals surface area contributed by atoms with Gasteiger partial charge in [0.25, 0.3) is 5.91 Å². The molecule has 4 rings (SSSR count). The van der Waals surface area contributed by atoms with E-state index in [0.29, 0.717) is 24.7 Å². The predicted octanol–water partition coefficient (Wildman–Crippen LogP) is 4.11. The quantitative estimate of drug-likeness (QED) is 0.719. The highest BCUT2D eigenvalue weighted by atomic mass is 16.5. The average Bonchev–Trinajstić information content (AvgIpc) is 3.32. The number of pyridine rings is 1. The van der Waals surface area contributed by atoms with Gasteiger partial charge < -0.3 is 14.7 Å². The fourth-order valence-electron chi connectivity index (χ4n) is 3.88. The number of fused-ring (bicyclic) bond motifs is 1. The Hall–Kier alpha value is -2.83. The maximum atomic E-state index is 12.7. The highest BCUT2D eigenvalue weighted by Crippen LogP contribution is 2.34. The first-order chi connectivity index (χ1) is 13.9. The van der Waals surface area contributed by atoms with Crippen molar-refractivity contribution >= 4 is 17.4 Å². The minimum absolute atomic E-state index is 0.0464. The fraction of sp³-hybridized carbons (Fsp3) is 0.500. The topological polar surface area (TPSA) is 75.7 Å². The number of aromatic nitrogens is 3. The Morgan fingerprint density at radius 3 is 2.69 bits per heavy atom. The molecule has 7 heteroatoms. The lowest BCUT2D eigenvalue weighted by Gasteiger charge is -2.32. The van der Waals surface area contributed by atoms with Crippen molar-refractivity contribution in [3.63, 3.8) is 0 Å². The van der Waals surface area contributed by atoms with E-state index in [0.717, 1.165) is 42.2 Å². The normalized spacial score (nSPS) is 15.8. The van der Waals surface area contributed by atoms with Crippen LogP contribution in [0.25, 0.3) is 5.65 Å². The SMILES string of the molecule is CCc1cc(C(=O)N2CCC(c3nc4ccccn4c3NC(C)(C)C)CC2)no1. The minimum atomic E-state index is -0.0683. The molecule has 0 aliphatic carbocycles. The third-order valence-corrected chi connectivity index (χ3v) is 5.35. The van der Waals surface area contributed by atoms with Crippen molar-refractivity contribution in [3.8, 4) is 0 Å². The largest absolute Gasteiger partial charge is 0.365 e. The number of amides is 1. The van der Waals surface area contributed by atoms with Crippen molar-refractivity contribution in [1.29, 1.82) is 0 Å². The van der Waals surface area contributed by atoms with Gasteiger partial charge in [0.2, 0.25) is 0 Å². The van der Waals surface area contributed by atoms with Crippen molar-refractivity contribution in [2.45, 2.75) is 58.4 Å². The highest BCUT2D eigenvalue weighted by Gasteiger charge is 2.30. The van der Waals surface area contributed by atoms with Crippen LogP contribution < -0.4 is 5.32 Å². The molecule has 7 nitrogen and oxygen atoms in total. The number of nitrogens with zero attached hydrogens (tertiary/aromatic N) is 4. The number of anilines is 1. The van der Waals surface area contributed by atoms with Crippen molar-refractivity contribution in [2.75, 3.05) is 18.4 Å². The first-order valence-corrected chi connectivity index (χ1v) is 10.4. The molecule has 1 aliphatic rings. The average molecular weight is 396 g/mol. The molecule has 4 heterocycles. The van der Waals surface area contributed by atoms with Gasteiger partial charge in [0.15, 0.2) is 5.69 Å². The summed E-state index contributed by atoms with van der Waals surface area (Å²) in [6.45, 7) is 9.84. The number of imidazole rings is 1. The number of carbonyl (C=O) groups is 1. The molecular formula is C22H29N5O2. The van der Waals surface area contributed by atoms with Crippen LogP contribution in [0.15, 0.2) is 35.0 Å². The van der Waals surface area contributed by atoms with E-state index in [1.807, 2.05) is 30.0 Å². The van der Waals surface area contributed by atoms with Gasteiger partial charge in [-0.1, -0.05) is 18.1 Å². The van der Waals surface area contributed by atoms with Gasteiger partial charge in [-0.15, -0.1) is 0 Å². The van der Waals surface area contributed by atoms with Crippen LogP contribution in [-0.2, 0) is 6.42 Å². The molecule has 1 amide bonds. The van der Waals surface area contributed by atoms with E-state index < -0.39 is 0 Å². The molecule has 1 saturated heterocycles. The maximum Gasteiger partial charge on any atom is 0.276 e. The van der Waals surface area contributed by atoms with Crippen LogP contribution in [0, 0.1) is 0 Å². The number of likely N-dealkylation sites (tertiary alicyclic amines) is 1. The Balaban J connectivity index is 1.53. The second-order valence-electron chi connectivity index (χ2n) is 8.75. The van der Waals surface area contributed by atoms with Gasteiger partial charge in [-0.05, 0) is 45.7 Å². The van der Waals surface area contributed by atoms with Crippen LogP contribution in [0.4, 0.5) is 5.82 Å². The molecule has 0 spiro atoms. The molecule has 1 fully saturated rings. The smallest absolute Gasteiger partial charge is 0.276 e. The van der Waals surface area contributed by atoms with Gasteiger partial charge in [0.1, 0.15) is 17.2 Å². The zero-order valence-electron chi connectivity index (χ0n) is 17.6. The molecule has 154 valence electrons. The molecule has 0 bridgehead atoms. The second-order valence-corrected chi connectivity index (χ2v) is 8.75. The van der Waals surface area contributed by atoms with Crippen molar-refractivity contribution < 1.29 is 9.32 Å². The van der Waals surface area contributed by atoms with Crippen molar-refractivity contribution in [1.82, 2.24) is 19.4 Å². The number of hydrogen-bond acceptors (Lipinski definition) is 5. The van der Waals surface area contributed by atoms with E-state index in [-0.39, 0.29) is 11.4 Å². The van der Waals surface area contributed by atoms with Crippen LogP contribution in [-0.4, -0.2) is 44.0 Å². The lowest BCUT2D eigenvalue weighted by Crippen LogP contribution is -2.38. The zero-order valence-corrected chi connectivity index (χ0v) is 17.6. The minimum Gasteiger partial charge on any atom is -0.365 e. The zero-order chi connectivity index (χ0) is 20.6. The van der Waals surface area contributed by atoms with E-state index in [4.69, 9.17) is 9.51 Å². The molecule has 0 aromatic carbocycles. The number of rotatable bonds is 4. The van der Waals surface area contributed by atoms with Crippen LogP contribution >= 0.6 is 0 Å². The summed E-state index contributed by atoms with van der Waals surface area (Å²) in [6.07, 6.45) is 4.55. The summed E-state index contributed by atoms with van der Waals surface area (Å²) in [5.41, 5.74) is 2.37. The third-order valence-electron chi connectivity index (χ3n) is 5.35. The summed E-state index contributed by atoms with van der Waals surface area (Å²) in [5, 5.41) is 7.57. The Labute approximate surface area is 171 Å². The van der Waals surface area contributed by atoms with Crippen LogP contribution in [0.1, 0.15) is 68.4 Å². The Kier molecular flexibility index (Phi) is 5.06. The lowest BCUT2D eigenvalue weighted by atomic mass is 9.92. The number of piperidine rings is 1. The number of nitrogens with one attached hydrogen (secondary N) is 1. The van der Waals surface area contributed by atoms with E-state index in [2.05, 4.69) is 41.8 Å². The molecule has 1 N–H and O–H groups in total. The first-order valence-electron chi connectivity index (χ1n) is 10.4. The highest BCUT2D eigenvalue weighted by molar-refractivity contribution is 5.92. The number of hydrogen-bond donors (Lipinski definition) is 1. The van der Waals surface area contributed by atoms with E-state index in [9.17, 15) is 4.79 Å². The molecule has 0 unspecified atom stereocenters. The predicted molar refractivity (Wildman–Crippen MR) is 112 cm³/mol. The van der Waals surface area contributed by atoms with Crippen molar-refractivity contribution in [2.24, 2.45) is 0 Å². The molecule has 3 aromatic heterocycles. The molecular weight excluding hydrogens is 366 g/mol. The van der Waals surface area contributed by atoms with Gasteiger partial charge in [-0.25, -0.2) is 4.98 Å². The molecule has 1 aliphatic heterocycles. The Bertz CT molecular complexity index is 1010. The van der Waals surface area contributed by atoms with E-state index >= 15 is 0 Å². The Morgan fingerprint density at radius 1 is 1.28 bits per heavy atom. The summed E-state index contributed by atoms with van der Waals surface area (Å²) in [5.74, 6) is 2.06. The monoisotopic (exact) mass is 395 g/mol. The number of aryl methyl sites for hydroxylation is 1. The van der Waals surface area contributed by atoms with Gasteiger partial charge in [0.05, 0.1) is 5.69 Å². The summed E-state index contributed by atoms with van der Waals surface area (Å²) in [6, 6.07) is 7.82. The lowest BCUT2D eigenvalue weighted by molar-refractivity contribution is 0.0702. The fourth-order valence-corrected chi connectivity index (χ4v) is 3.88. The van der Waals surface area contributed by atoms with E-state index in [1.54, 1.807) is 6.07 Å². The van der Waals surface area contributed by atoms with Crippen molar-refractivity contribution in [3.05, 3.63) is 47.6 Å². The molecule has 3 aromatic rings. The van der Waals surface area contributed by atoms with Gasteiger partial charge in [0, 0.05) is 43.2 Å². The standard InChI is InChI=1S/C22H29N5O2/c1-5-16-14-17(25-29-16)21(28)26-12-9-15(10-13-26)19-20(24-22(2,3)4)27-11-7-6-8-18(27)23-19/h6-8,11,14-15,24H,5,9-10,12-13H2,1-4H3. The van der Waals surface area contributed by atoms with Gasteiger partial charge in [-0.2, -0.15) is 0 Å². The van der Waals surface area contributed by atoms with Crippen LogP contribution in [0.3, 0.4) is 0 Å². The van der Waals surface area contributed by atoms with E-state index in [1.165, 1.54) is 0 Å². The summed E-state index contributed by atoms with van der Waals surface area (Å²) >= 11 is 0. The third kappa shape index (κ3) is 3.99.